The van der Waals surface area contributed by atoms with E-state index in [1.165, 1.54) is 44.7 Å². The number of nitrogens with zero attached hydrogens (tertiary/aromatic N) is 1. The standard InChI is InChI=1S/C18H18F2N2O5/c1-24-14-7-8-15(16(9-14)25-2)22-17(23)11-26-21-10-12-3-5-13(6-4-12)27-18(19)20/h3-10,18H,11H2,1-2H3,(H,22,23)/b21-10-. The van der Waals surface area contributed by atoms with E-state index in [0.29, 0.717) is 22.7 Å². The molecule has 0 fully saturated rings. The maximum absolute atomic E-state index is 12.1. The highest BCUT2D eigenvalue weighted by Gasteiger charge is 2.09. The number of carbonyl (C=O) groups excluding carboxylic acids is 1. The second kappa shape index (κ2) is 9.95. The van der Waals surface area contributed by atoms with Crippen LogP contribution in [0.4, 0.5) is 14.5 Å². The molecule has 0 radical (unpaired) electrons. The Morgan fingerprint density at radius 1 is 1.11 bits per heavy atom. The molecule has 2 rings (SSSR count). The summed E-state index contributed by atoms with van der Waals surface area (Å²) in [6.45, 7) is -3.20. The second-order valence-electron chi connectivity index (χ2n) is 5.07. The van der Waals surface area contributed by atoms with Gasteiger partial charge in [-0.2, -0.15) is 8.78 Å². The molecule has 1 N–H and O–H groups in total. The van der Waals surface area contributed by atoms with Crippen LogP contribution in [0.5, 0.6) is 17.2 Å². The lowest BCUT2D eigenvalue weighted by molar-refractivity contribution is -0.120. The molecule has 0 heterocycles. The van der Waals surface area contributed by atoms with Crippen molar-refractivity contribution in [1.82, 2.24) is 0 Å². The number of oxime groups is 1. The van der Waals surface area contributed by atoms with Gasteiger partial charge in [-0.3, -0.25) is 4.79 Å². The summed E-state index contributed by atoms with van der Waals surface area (Å²) in [5, 5.41) is 6.29. The van der Waals surface area contributed by atoms with Gasteiger partial charge in [0.05, 0.1) is 26.1 Å². The predicted molar refractivity (Wildman–Crippen MR) is 94.8 cm³/mol. The Hall–Kier alpha value is -3.36. The van der Waals surface area contributed by atoms with E-state index in [2.05, 4.69) is 15.2 Å². The number of alkyl halides is 2. The molecule has 9 heteroatoms. The highest BCUT2D eigenvalue weighted by Crippen LogP contribution is 2.28. The van der Waals surface area contributed by atoms with Gasteiger partial charge < -0.3 is 24.4 Å². The van der Waals surface area contributed by atoms with E-state index in [1.54, 1.807) is 18.2 Å². The van der Waals surface area contributed by atoms with Crippen molar-refractivity contribution >= 4 is 17.8 Å². The van der Waals surface area contributed by atoms with Gasteiger partial charge in [-0.25, -0.2) is 0 Å². The first kappa shape index (κ1) is 20.0. The maximum Gasteiger partial charge on any atom is 0.387 e. The summed E-state index contributed by atoms with van der Waals surface area (Å²) in [6, 6.07) is 10.7. The number of ether oxygens (including phenoxy) is 3. The second-order valence-corrected chi connectivity index (χ2v) is 5.07. The van der Waals surface area contributed by atoms with Gasteiger partial charge in [0.15, 0.2) is 6.61 Å². The Labute approximate surface area is 154 Å². The van der Waals surface area contributed by atoms with Crippen LogP contribution in [-0.4, -0.2) is 39.6 Å². The van der Waals surface area contributed by atoms with Crippen LogP contribution in [0.2, 0.25) is 0 Å². The Morgan fingerprint density at radius 3 is 2.44 bits per heavy atom. The molecule has 2 aromatic carbocycles. The first-order chi connectivity index (χ1) is 13.0. The van der Waals surface area contributed by atoms with Gasteiger partial charge in [0.2, 0.25) is 0 Å². The van der Waals surface area contributed by atoms with Crippen LogP contribution >= 0.6 is 0 Å². The highest BCUT2D eigenvalue weighted by atomic mass is 19.3. The molecule has 0 saturated heterocycles. The minimum atomic E-state index is -2.88. The van der Waals surface area contributed by atoms with Gasteiger partial charge in [0.25, 0.3) is 5.91 Å². The zero-order valence-electron chi connectivity index (χ0n) is 14.6. The molecule has 2 aromatic rings. The molecule has 0 saturated carbocycles. The highest BCUT2D eigenvalue weighted by molar-refractivity contribution is 5.93. The predicted octanol–water partition coefficient (Wildman–Crippen LogP) is 3.29. The third-order valence-corrected chi connectivity index (χ3v) is 3.26. The van der Waals surface area contributed by atoms with Crippen molar-refractivity contribution in [2.75, 3.05) is 26.1 Å². The lowest BCUT2D eigenvalue weighted by Gasteiger charge is -2.11. The zero-order valence-corrected chi connectivity index (χ0v) is 14.6. The minimum Gasteiger partial charge on any atom is -0.497 e. The monoisotopic (exact) mass is 380 g/mol. The summed E-state index contributed by atoms with van der Waals surface area (Å²) in [7, 11) is 3.00. The summed E-state index contributed by atoms with van der Waals surface area (Å²) in [4.78, 5) is 16.8. The van der Waals surface area contributed by atoms with Crippen molar-refractivity contribution in [2.24, 2.45) is 5.16 Å². The van der Waals surface area contributed by atoms with Crippen molar-refractivity contribution in [3.05, 3.63) is 48.0 Å². The molecule has 0 unspecified atom stereocenters. The molecule has 0 spiro atoms. The summed E-state index contributed by atoms with van der Waals surface area (Å²) >= 11 is 0. The van der Waals surface area contributed by atoms with E-state index in [1.807, 2.05) is 0 Å². The van der Waals surface area contributed by atoms with E-state index in [0.717, 1.165) is 0 Å². The normalized spacial score (nSPS) is 10.7. The summed E-state index contributed by atoms with van der Waals surface area (Å²) in [6.07, 6.45) is 1.34. The topological polar surface area (TPSA) is 78.4 Å². The summed E-state index contributed by atoms with van der Waals surface area (Å²) in [5.74, 6) is 0.639. The molecular formula is C18H18F2N2O5. The SMILES string of the molecule is COc1ccc(NC(=O)CO/N=C\c2ccc(OC(F)F)cc2)c(OC)c1. The first-order valence-electron chi connectivity index (χ1n) is 7.74. The fourth-order valence-electron chi connectivity index (χ4n) is 2.02. The molecule has 0 atom stereocenters. The number of hydrogen-bond donors (Lipinski definition) is 1. The number of carbonyl (C=O) groups is 1. The average molecular weight is 380 g/mol. The van der Waals surface area contributed by atoms with Gasteiger partial charge in [-0.1, -0.05) is 5.16 Å². The number of amides is 1. The van der Waals surface area contributed by atoms with Crippen molar-refractivity contribution in [3.8, 4) is 17.2 Å². The minimum absolute atomic E-state index is 0.0379. The quantitative estimate of drug-likeness (QED) is 0.534. The van der Waals surface area contributed by atoms with E-state index in [4.69, 9.17) is 14.3 Å². The maximum atomic E-state index is 12.1. The van der Waals surface area contributed by atoms with Crippen LogP contribution < -0.4 is 19.5 Å². The number of rotatable bonds is 9. The molecule has 7 nitrogen and oxygen atoms in total. The number of halogens is 2. The molecule has 0 aliphatic rings. The van der Waals surface area contributed by atoms with Gasteiger partial charge in [-0.05, 0) is 42.0 Å². The third-order valence-electron chi connectivity index (χ3n) is 3.26. The number of nitrogens with one attached hydrogen (secondary N) is 1. The molecule has 1 amide bonds. The van der Waals surface area contributed by atoms with Crippen LogP contribution in [0.15, 0.2) is 47.6 Å². The van der Waals surface area contributed by atoms with Crippen molar-refractivity contribution in [2.45, 2.75) is 6.61 Å². The zero-order chi connectivity index (χ0) is 19.6. The van der Waals surface area contributed by atoms with Gasteiger partial charge in [0, 0.05) is 6.07 Å². The molecule has 0 bridgehead atoms. The van der Waals surface area contributed by atoms with Gasteiger partial charge in [-0.15, -0.1) is 0 Å². The van der Waals surface area contributed by atoms with Crippen LogP contribution in [0.25, 0.3) is 0 Å². The molecule has 27 heavy (non-hydrogen) atoms. The summed E-state index contributed by atoms with van der Waals surface area (Å²) in [5.41, 5.74) is 1.05. The molecule has 0 aromatic heterocycles. The molecule has 0 aliphatic carbocycles. The largest absolute Gasteiger partial charge is 0.497 e. The first-order valence-corrected chi connectivity index (χ1v) is 7.74. The Morgan fingerprint density at radius 2 is 1.81 bits per heavy atom. The van der Waals surface area contributed by atoms with Crippen LogP contribution in [-0.2, 0) is 9.63 Å². The number of methoxy groups -OCH3 is 2. The Bertz CT molecular complexity index is 782. The molecular weight excluding hydrogens is 362 g/mol. The van der Waals surface area contributed by atoms with Gasteiger partial charge >= 0.3 is 6.61 Å². The van der Waals surface area contributed by atoms with Crippen LogP contribution in [0, 0.1) is 0 Å². The van der Waals surface area contributed by atoms with E-state index in [9.17, 15) is 13.6 Å². The van der Waals surface area contributed by atoms with Crippen molar-refractivity contribution in [3.63, 3.8) is 0 Å². The van der Waals surface area contributed by atoms with Crippen molar-refractivity contribution < 1.29 is 32.6 Å². The van der Waals surface area contributed by atoms with Gasteiger partial charge in [0.1, 0.15) is 17.2 Å². The summed E-state index contributed by atoms with van der Waals surface area (Å²) < 4.78 is 38.6. The molecule has 0 aliphatic heterocycles. The van der Waals surface area contributed by atoms with Crippen LogP contribution in [0.1, 0.15) is 5.56 Å². The fraction of sp³-hybridized carbons (Fsp3) is 0.222. The van der Waals surface area contributed by atoms with E-state index >= 15 is 0 Å². The Balaban J connectivity index is 1.83. The molecule has 144 valence electrons. The van der Waals surface area contributed by atoms with E-state index < -0.39 is 12.5 Å². The third kappa shape index (κ3) is 6.46. The lowest BCUT2D eigenvalue weighted by atomic mass is 10.2. The van der Waals surface area contributed by atoms with Crippen LogP contribution in [0.3, 0.4) is 0 Å². The number of anilines is 1. The van der Waals surface area contributed by atoms with E-state index in [-0.39, 0.29) is 12.4 Å². The fourth-order valence-corrected chi connectivity index (χ4v) is 2.02. The average Bonchev–Trinajstić information content (AvgIpc) is 2.66. The Kier molecular flexibility index (Phi) is 7.36. The van der Waals surface area contributed by atoms with Crippen molar-refractivity contribution in [1.29, 1.82) is 0 Å². The smallest absolute Gasteiger partial charge is 0.387 e. The lowest BCUT2D eigenvalue weighted by Crippen LogP contribution is -2.17. The number of hydrogen-bond acceptors (Lipinski definition) is 6. The number of benzene rings is 2.